The molecule has 2 heterocycles. The molecule has 0 radical (unpaired) electrons. The molecule has 2 aliphatic heterocycles. The van der Waals surface area contributed by atoms with Gasteiger partial charge in [-0.25, -0.2) is 8.42 Å². The number of nitrogens with one attached hydrogen (secondary N) is 1. The first-order valence-electron chi connectivity index (χ1n) is 8.30. The molecule has 126 valence electrons. The van der Waals surface area contributed by atoms with Crippen molar-refractivity contribution < 1.29 is 13.2 Å². The third-order valence-corrected chi connectivity index (χ3v) is 6.67. The van der Waals surface area contributed by atoms with Gasteiger partial charge in [0.1, 0.15) is 9.84 Å². The maximum absolute atomic E-state index is 12.7. The average molecular weight is 336 g/mol. The third kappa shape index (κ3) is 3.75. The van der Waals surface area contributed by atoms with Crippen molar-refractivity contribution in [3.8, 4) is 0 Å². The topological polar surface area (TPSA) is 66.5 Å². The number of fused-ring (bicyclic) bond motifs is 1. The maximum atomic E-state index is 12.7. The van der Waals surface area contributed by atoms with Gasteiger partial charge in [0.15, 0.2) is 0 Å². The van der Waals surface area contributed by atoms with E-state index in [9.17, 15) is 13.2 Å². The summed E-state index contributed by atoms with van der Waals surface area (Å²) in [5, 5.41) is 3.08. The van der Waals surface area contributed by atoms with Gasteiger partial charge in [-0.1, -0.05) is 31.2 Å². The van der Waals surface area contributed by atoms with Crippen LogP contribution in [0.2, 0.25) is 0 Å². The van der Waals surface area contributed by atoms with Crippen molar-refractivity contribution in [1.29, 1.82) is 0 Å². The number of rotatable bonds is 3. The second-order valence-corrected chi connectivity index (χ2v) is 8.79. The number of hydrogen-bond donors (Lipinski definition) is 1. The molecule has 0 unspecified atom stereocenters. The van der Waals surface area contributed by atoms with Crippen molar-refractivity contribution in [2.45, 2.75) is 44.8 Å². The molecular weight excluding hydrogens is 312 g/mol. The molecule has 1 saturated heterocycles. The number of nitrogens with zero attached hydrogens (tertiary/aromatic N) is 1. The normalized spacial score (nSPS) is 24.8. The highest BCUT2D eigenvalue weighted by Gasteiger charge is 2.32. The maximum Gasteiger partial charge on any atom is 0.237 e. The van der Waals surface area contributed by atoms with Crippen LogP contribution in [0.5, 0.6) is 0 Å². The Kier molecular flexibility index (Phi) is 4.73. The number of likely N-dealkylation sites (N-methyl/N-ethyl adjacent to an activating group) is 1. The fraction of sp³-hybridized carbons (Fsp3) is 0.588. The molecule has 1 amide bonds. The standard InChI is InChI=1S/C17H24N2O3S/c1-2-19-12-14-6-4-3-5-13(14)11-16(19)17(20)18-15-7-9-23(21,22)10-8-15/h3-6,15-16H,2,7-12H2,1H3,(H,18,20)/t16-/m1/s1. The van der Waals surface area contributed by atoms with Crippen LogP contribution in [0.15, 0.2) is 24.3 Å². The lowest BCUT2D eigenvalue weighted by Crippen LogP contribution is -2.53. The molecule has 5 nitrogen and oxygen atoms in total. The van der Waals surface area contributed by atoms with E-state index in [2.05, 4.69) is 29.3 Å². The Morgan fingerprint density at radius 1 is 1.22 bits per heavy atom. The monoisotopic (exact) mass is 336 g/mol. The minimum Gasteiger partial charge on any atom is -0.352 e. The van der Waals surface area contributed by atoms with Crippen LogP contribution in [0, 0.1) is 0 Å². The Labute approximate surface area is 138 Å². The fourth-order valence-corrected chi connectivity index (χ4v) is 4.99. The SMILES string of the molecule is CCN1Cc2ccccc2C[C@@H]1C(=O)NC1CCS(=O)(=O)CC1. The van der Waals surface area contributed by atoms with Crippen molar-refractivity contribution >= 4 is 15.7 Å². The minimum atomic E-state index is -2.89. The van der Waals surface area contributed by atoms with E-state index in [1.54, 1.807) is 0 Å². The summed E-state index contributed by atoms with van der Waals surface area (Å²) in [4.78, 5) is 14.9. The van der Waals surface area contributed by atoms with Crippen LogP contribution in [0.4, 0.5) is 0 Å². The van der Waals surface area contributed by atoms with Crippen LogP contribution in [0.1, 0.15) is 30.9 Å². The van der Waals surface area contributed by atoms with E-state index in [-0.39, 0.29) is 29.5 Å². The van der Waals surface area contributed by atoms with Crippen LogP contribution >= 0.6 is 0 Å². The van der Waals surface area contributed by atoms with Gasteiger partial charge in [-0.05, 0) is 36.9 Å². The van der Waals surface area contributed by atoms with E-state index in [1.807, 2.05) is 12.1 Å². The molecule has 0 bridgehead atoms. The molecule has 0 spiro atoms. The van der Waals surface area contributed by atoms with Crippen LogP contribution in [0.25, 0.3) is 0 Å². The van der Waals surface area contributed by atoms with Crippen LogP contribution in [-0.2, 0) is 27.6 Å². The highest BCUT2D eigenvalue weighted by molar-refractivity contribution is 7.91. The second kappa shape index (κ2) is 6.61. The summed E-state index contributed by atoms with van der Waals surface area (Å²) in [7, 11) is -2.89. The number of carbonyl (C=O) groups is 1. The van der Waals surface area contributed by atoms with Crippen molar-refractivity contribution in [1.82, 2.24) is 10.2 Å². The molecular formula is C17H24N2O3S. The molecule has 1 aromatic carbocycles. The van der Waals surface area contributed by atoms with Gasteiger partial charge in [0.05, 0.1) is 17.5 Å². The van der Waals surface area contributed by atoms with E-state index < -0.39 is 9.84 Å². The first-order valence-corrected chi connectivity index (χ1v) is 10.1. The molecule has 1 fully saturated rings. The predicted molar refractivity (Wildman–Crippen MR) is 89.8 cm³/mol. The number of benzene rings is 1. The van der Waals surface area contributed by atoms with Gasteiger partial charge >= 0.3 is 0 Å². The summed E-state index contributed by atoms with van der Waals surface area (Å²) in [5.74, 6) is 0.400. The minimum absolute atomic E-state index is 0.0121. The van der Waals surface area contributed by atoms with E-state index in [4.69, 9.17) is 0 Å². The van der Waals surface area contributed by atoms with E-state index in [0.717, 1.165) is 19.5 Å². The van der Waals surface area contributed by atoms with Crippen molar-refractivity contribution in [3.63, 3.8) is 0 Å². The van der Waals surface area contributed by atoms with Crippen LogP contribution in [0.3, 0.4) is 0 Å². The van der Waals surface area contributed by atoms with E-state index in [0.29, 0.717) is 12.8 Å². The third-order valence-electron chi connectivity index (χ3n) is 4.96. The van der Waals surface area contributed by atoms with Gasteiger partial charge < -0.3 is 5.32 Å². The summed E-state index contributed by atoms with van der Waals surface area (Å²) < 4.78 is 23.0. The van der Waals surface area contributed by atoms with Gasteiger partial charge in [-0.3, -0.25) is 9.69 Å². The van der Waals surface area contributed by atoms with Crippen molar-refractivity contribution in [2.75, 3.05) is 18.1 Å². The molecule has 1 aromatic rings. The number of sulfone groups is 1. The zero-order valence-corrected chi connectivity index (χ0v) is 14.3. The van der Waals surface area contributed by atoms with Gasteiger partial charge in [0.25, 0.3) is 0 Å². The highest BCUT2D eigenvalue weighted by Crippen LogP contribution is 2.23. The summed E-state index contributed by atoms with van der Waals surface area (Å²) in [6.07, 6.45) is 1.79. The summed E-state index contributed by atoms with van der Waals surface area (Å²) in [6.45, 7) is 3.69. The Hall–Kier alpha value is -1.40. The van der Waals surface area contributed by atoms with E-state index in [1.165, 1.54) is 11.1 Å². The highest BCUT2D eigenvalue weighted by atomic mass is 32.2. The number of carbonyl (C=O) groups excluding carboxylic acids is 1. The van der Waals surface area contributed by atoms with Crippen LogP contribution in [-0.4, -0.2) is 49.4 Å². The molecule has 3 rings (SSSR count). The smallest absolute Gasteiger partial charge is 0.237 e. The zero-order chi connectivity index (χ0) is 16.4. The number of amides is 1. The second-order valence-electron chi connectivity index (χ2n) is 6.49. The molecule has 1 atom stereocenters. The molecule has 0 aliphatic carbocycles. The molecule has 23 heavy (non-hydrogen) atoms. The zero-order valence-electron chi connectivity index (χ0n) is 13.5. The van der Waals surface area contributed by atoms with Crippen molar-refractivity contribution in [2.24, 2.45) is 0 Å². The summed E-state index contributed by atoms with van der Waals surface area (Å²) in [6, 6.07) is 8.10. The summed E-state index contributed by atoms with van der Waals surface area (Å²) >= 11 is 0. The molecule has 0 saturated carbocycles. The Morgan fingerprint density at radius 3 is 2.52 bits per heavy atom. The largest absolute Gasteiger partial charge is 0.352 e. The summed E-state index contributed by atoms with van der Waals surface area (Å²) in [5.41, 5.74) is 2.53. The Balaban J connectivity index is 1.67. The van der Waals surface area contributed by atoms with Gasteiger partial charge in [-0.2, -0.15) is 0 Å². The Morgan fingerprint density at radius 2 is 1.87 bits per heavy atom. The molecule has 0 aromatic heterocycles. The lowest BCUT2D eigenvalue weighted by molar-refractivity contribution is -0.127. The first kappa shape index (κ1) is 16.5. The van der Waals surface area contributed by atoms with Gasteiger partial charge in [-0.15, -0.1) is 0 Å². The van der Waals surface area contributed by atoms with Crippen molar-refractivity contribution in [3.05, 3.63) is 35.4 Å². The lowest BCUT2D eigenvalue weighted by atomic mass is 9.93. The van der Waals surface area contributed by atoms with Gasteiger partial charge in [0.2, 0.25) is 5.91 Å². The van der Waals surface area contributed by atoms with E-state index >= 15 is 0 Å². The quantitative estimate of drug-likeness (QED) is 0.898. The van der Waals surface area contributed by atoms with Crippen LogP contribution < -0.4 is 5.32 Å². The molecule has 6 heteroatoms. The fourth-order valence-electron chi connectivity index (χ4n) is 3.50. The molecule has 2 aliphatic rings. The predicted octanol–water partition coefficient (Wildman–Crippen LogP) is 1.13. The lowest BCUT2D eigenvalue weighted by Gasteiger charge is -2.36. The van der Waals surface area contributed by atoms with Gasteiger partial charge in [0, 0.05) is 12.6 Å². The molecule has 1 N–H and O–H groups in total. The first-order chi connectivity index (χ1) is 11.0. The Bertz CT molecular complexity index is 673. The average Bonchev–Trinajstić information content (AvgIpc) is 2.55. The number of hydrogen-bond acceptors (Lipinski definition) is 4.